The van der Waals surface area contributed by atoms with Crippen molar-refractivity contribution in [3.05, 3.63) is 52.4 Å². The molecule has 0 fully saturated rings. The Balaban J connectivity index is 1.70. The molecule has 1 unspecified atom stereocenters. The molecule has 2 rings (SSSR count). The van der Waals surface area contributed by atoms with E-state index in [0.717, 1.165) is 11.4 Å². The van der Waals surface area contributed by atoms with Gasteiger partial charge in [-0.2, -0.15) is 0 Å². The van der Waals surface area contributed by atoms with Crippen molar-refractivity contribution in [3.63, 3.8) is 0 Å². The van der Waals surface area contributed by atoms with Crippen LogP contribution in [-0.4, -0.2) is 24.4 Å². The van der Waals surface area contributed by atoms with Crippen molar-refractivity contribution in [2.24, 2.45) is 0 Å². The summed E-state index contributed by atoms with van der Waals surface area (Å²) < 4.78 is 10.5. The van der Waals surface area contributed by atoms with E-state index < -0.39 is 6.10 Å². The Morgan fingerprint density at radius 2 is 2.00 bits per heavy atom. The van der Waals surface area contributed by atoms with Crippen LogP contribution in [-0.2, 0) is 11.3 Å². The van der Waals surface area contributed by atoms with Crippen LogP contribution in [0.3, 0.4) is 0 Å². The van der Waals surface area contributed by atoms with Crippen molar-refractivity contribution in [2.75, 3.05) is 18.5 Å². The molecule has 20 heavy (non-hydrogen) atoms. The van der Waals surface area contributed by atoms with Crippen LogP contribution in [0.5, 0.6) is 0 Å². The fourth-order valence-electron chi connectivity index (χ4n) is 1.64. The van der Waals surface area contributed by atoms with E-state index >= 15 is 0 Å². The lowest BCUT2D eigenvalue weighted by Crippen LogP contribution is -2.24. The molecule has 0 aliphatic carbocycles. The van der Waals surface area contributed by atoms with Crippen molar-refractivity contribution in [3.8, 4) is 0 Å². The first kappa shape index (κ1) is 15.2. The highest BCUT2D eigenvalue weighted by Gasteiger charge is 2.06. The number of aliphatic hydroxyl groups excluding tert-OH is 1. The zero-order chi connectivity index (χ0) is 14.4. The van der Waals surface area contributed by atoms with Crippen LogP contribution in [0.2, 0.25) is 10.0 Å². The highest BCUT2D eigenvalue weighted by molar-refractivity contribution is 6.35. The summed E-state index contributed by atoms with van der Waals surface area (Å²) in [7, 11) is 0. The highest BCUT2D eigenvalue weighted by atomic mass is 35.5. The molecule has 2 N–H and O–H groups in total. The number of halogens is 2. The number of furan rings is 1. The smallest absolute Gasteiger partial charge is 0.129 e. The maximum absolute atomic E-state index is 9.79. The minimum Gasteiger partial charge on any atom is -0.467 e. The molecule has 1 aromatic heterocycles. The van der Waals surface area contributed by atoms with Gasteiger partial charge < -0.3 is 19.6 Å². The molecule has 1 atom stereocenters. The van der Waals surface area contributed by atoms with Crippen LogP contribution in [0.1, 0.15) is 5.76 Å². The summed E-state index contributed by atoms with van der Waals surface area (Å²) in [4.78, 5) is 0. The normalized spacial score (nSPS) is 12.3. The molecule has 1 aromatic carbocycles. The minimum atomic E-state index is -0.636. The van der Waals surface area contributed by atoms with E-state index in [1.165, 1.54) is 0 Å². The van der Waals surface area contributed by atoms with Gasteiger partial charge in [-0.1, -0.05) is 23.2 Å². The van der Waals surface area contributed by atoms with Crippen molar-refractivity contribution in [1.29, 1.82) is 0 Å². The third-order valence-corrected chi connectivity index (χ3v) is 2.98. The van der Waals surface area contributed by atoms with Gasteiger partial charge in [0, 0.05) is 22.3 Å². The zero-order valence-corrected chi connectivity index (χ0v) is 12.2. The van der Waals surface area contributed by atoms with Crippen LogP contribution < -0.4 is 5.32 Å². The number of aliphatic hydroxyl groups is 1. The summed E-state index contributed by atoms with van der Waals surface area (Å²) in [5.74, 6) is 0.729. The van der Waals surface area contributed by atoms with E-state index in [0.29, 0.717) is 23.2 Å². The second kappa shape index (κ2) is 7.55. The van der Waals surface area contributed by atoms with Gasteiger partial charge in [0.1, 0.15) is 12.4 Å². The second-order valence-electron chi connectivity index (χ2n) is 4.29. The molecule has 1 heterocycles. The van der Waals surface area contributed by atoms with E-state index in [9.17, 15) is 5.11 Å². The van der Waals surface area contributed by atoms with Gasteiger partial charge in [0.25, 0.3) is 0 Å². The first-order valence-corrected chi connectivity index (χ1v) is 6.87. The van der Waals surface area contributed by atoms with Gasteiger partial charge in [-0.3, -0.25) is 0 Å². The standard InChI is InChI=1S/C14H15Cl2NO3/c15-10-4-11(16)6-12(5-10)17-7-13(18)8-19-9-14-2-1-3-20-14/h1-6,13,17-18H,7-9H2. The SMILES string of the molecule is OC(CNc1cc(Cl)cc(Cl)c1)COCc1ccco1. The molecule has 0 radical (unpaired) electrons. The van der Waals surface area contributed by atoms with E-state index in [1.807, 2.05) is 6.07 Å². The van der Waals surface area contributed by atoms with Crippen molar-refractivity contribution >= 4 is 28.9 Å². The second-order valence-corrected chi connectivity index (χ2v) is 5.16. The van der Waals surface area contributed by atoms with Crippen LogP contribution in [0, 0.1) is 0 Å². The first-order chi connectivity index (χ1) is 9.63. The van der Waals surface area contributed by atoms with Crippen molar-refractivity contribution in [1.82, 2.24) is 0 Å². The minimum absolute atomic E-state index is 0.210. The molecule has 0 amide bonds. The number of nitrogens with one attached hydrogen (secondary N) is 1. The maximum atomic E-state index is 9.79. The molecule has 0 aliphatic heterocycles. The average molecular weight is 316 g/mol. The molecule has 0 saturated heterocycles. The lowest BCUT2D eigenvalue weighted by Gasteiger charge is -2.13. The molecule has 4 nitrogen and oxygen atoms in total. The zero-order valence-electron chi connectivity index (χ0n) is 10.7. The van der Waals surface area contributed by atoms with Gasteiger partial charge >= 0.3 is 0 Å². The van der Waals surface area contributed by atoms with E-state index in [4.69, 9.17) is 32.4 Å². The van der Waals surface area contributed by atoms with Crippen LogP contribution >= 0.6 is 23.2 Å². The Morgan fingerprint density at radius 3 is 2.65 bits per heavy atom. The Hall–Kier alpha value is -1.20. The summed E-state index contributed by atoms with van der Waals surface area (Å²) in [6.45, 7) is 0.893. The molecule has 108 valence electrons. The summed E-state index contributed by atoms with van der Waals surface area (Å²) in [6, 6.07) is 8.74. The molecule has 6 heteroatoms. The van der Waals surface area contributed by atoms with Crippen LogP contribution in [0.4, 0.5) is 5.69 Å². The first-order valence-electron chi connectivity index (χ1n) is 6.11. The molecule has 0 bridgehead atoms. The number of rotatable bonds is 7. The summed E-state index contributed by atoms with van der Waals surface area (Å²) >= 11 is 11.8. The fraction of sp³-hybridized carbons (Fsp3) is 0.286. The van der Waals surface area contributed by atoms with Gasteiger partial charge in [-0.15, -0.1) is 0 Å². The predicted octanol–water partition coefficient (Wildman–Crippen LogP) is 3.58. The van der Waals surface area contributed by atoms with E-state index in [2.05, 4.69) is 5.32 Å². The molecule has 2 aromatic rings. The average Bonchev–Trinajstić information content (AvgIpc) is 2.88. The Morgan fingerprint density at radius 1 is 1.25 bits per heavy atom. The third kappa shape index (κ3) is 5.06. The Bertz CT molecular complexity index is 511. The maximum Gasteiger partial charge on any atom is 0.129 e. The Labute approximate surface area is 127 Å². The van der Waals surface area contributed by atoms with E-state index in [1.54, 1.807) is 30.5 Å². The van der Waals surface area contributed by atoms with Gasteiger partial charge in [0.05, 0.1) is 19.0 Å². The quantitative estimate of drug-likeness (QED) is 0.820. The van der Waals surface area contributed by atoms with Gasteiger partial charge in [0.15, 0.2) is 0 Å². The summed E-state index contributed by atoms with van der Waals surface area (Å²) in [6.07, 6.45) is 0.947. The molecule has 0 aliphatic rings. The Kier molecular flexibility index (Phi) is 5.73. The fourth-order valence-corrected chi connectivity index (χ4v) is 2.17. The number of anilines is 1. The molecule has 0 saturated carbocycles. The predicted molar refractivity (Wildman–Crippen MR) is 79.3 cm³/mol. The van der Waals surface area contributed by atoms with Crippen molar-refractivity contribution < 1.29 is 14.3 Å². The number of benzene rings is 1. The van der Waals surface area contributed by atoms with Crippen LogP contribution in [0.25, 0.3) is 0 Å². The molecular weight excluding hydrogens is 301 g/mol. The summed E-state index contributed by atoms with van der Waals surface area (Å²) in [5.41, 5.74) is 0.757. The van der Waals surface area contributed by atoms with Crippen molar-refractivity contribution in [2.45, 2.75) is 12.7 Å². The van der Waals surface area contributed by atoms with Gasteiger partial charge in [-0.05, 0) is 30.3 Å². The number of ether oxygens (including phenoxy) is 1. The molecular formula is C14H15Cl2NO3. The number of hydrogen-bond donors (Lipinski definition) is 2. The largest absolute Gasteiger partial charge is 0.467 e. The summed E-state index contributed by atoms with van der Waals surface area (Å²) in [5, 5.41) is 13.9. The third-order valence-electron chi connectivity index (χ3n) is 2.54. The monoisotopic (exact) mass is 315 g/mol. The number of hydrogen-bond acceptors (Lipinski definition) is 4. The lowest BCUT2D eigenvalue weighted by molar-refractivity contribution is 0.0282. The van der Waals surface area contributed by atoms with E-state index in [-0.39, 0.29) is 6.61 Å². The highest BCUT2D eigenvalue weighted by Crippen LogP contribution is 2.22. The topological polar surface area (TPSA) is 54.6 Å². The lowest BCUT2D eigenvalue weighted by atomic mass is 10.3. The molecule has 0 spiro atoms. The van der Waals surface area contributed by atoms with Gasteiger partial charge in [0.2, 0.25) is 0 Å². The van der Waals surface area contributed by atoms with Gasteiger partial charge in [-0.25, -0.2) is 0 Å². The van der Waals surface area contributed by atoms with Crippen LogP contribution in [0.15, 0.2) is 41.0 Å².